The first-order valence-corrected chi connectivity index (χ1v) is 5.90. The molecule has 6 heteroatoms. The Bertz CT molecular complexity index is 137. The molecule has 2 heterocycles. The Balaban J connectivity index is 0.000000251. The standard InChI is InChI=1S/C6H14N2.C4H9NO.H3NO/c7-3-6-8-4-1-2-5-8;6-4-1-2-5-3-4;1-2/h1-7H2;4-6H,1-3H2;2H,1H2. The summed E-state index contributed by atoms with van der Waals surface area (Å²) in [7, 11) is 0. The molecule has 2 saturated heterocycles. The predicted octanol–water partition coefficient (Wildman–Crippen LogP) is -1.28. The van der Waals surface area contributed by atoms with Crippen molar-refractivity contribution in [1.29, 1.82) is 0 Å². The van der Waals surface area contributed by atoms with Crippen LogP contribution in [0.1, 0.15) is 19.3 Å². The summed E-state index contributed by atoms with van der Waals surface area (Å²) in [5.41, 5.74) is 5.37. The molecular weight excluding hydrogens is 208 g/mol. The fraction of sp³-hybridized carbons (Fsp3) is 1.00. The van der Waals surface area contributed by atoms with E-state index in [1.807, 2.05) is 0 Å². The Morgan fingerprint density at radius 3 is 2.19 bits per heavy atom. The van der Waals surface area contributed by atoms with Crippen LogP contribution in [-0.4, -0.2) is 60.6 Å². The van der Waals surface area contributed by atoms with Gasteiger partial charge in [-0.3, -0.25) is 0 Å². The van der Waals surface area contributed by atoms with E-state index in [2.05, 4.69) is 16.1 Å². The molecule has 0 aromatic heterocycles. The number of nitrogens with zero attached hydrogens (tertiary/aromatic N) is 1. The van der Waals surface area contributed by atoms with Crippen LogP contribution in [0.25, 0.3) is 0 Å². The smallest absolute Gasteiger partial charge is 0.0676 e. The van der Waals surface area contributed by atoms with Gasteiger partial charge in [-0.25, -0.2) is 5.90 Å². The summed E-state index contributed by atoms with van der Waals surface area (Å²) < 4.78 is 0. The van der Waals surface area contributed by atoms with Crippen molar-refractivity contribution in [1.82, 2.24) is 10.2 Å². The first-order chi connectivity index (χ1) is 7.83. The highest BCUT2D eigenvalue weighted by Gasteiger charge is 2.08. The molecule has 1 unspecified atom stereocenters. The topological polar surface area (TPSA) is 108 Å². The van der Waals surface area contributed by atoms with Crippen LogP contribution in [0.5, 0.6) is 0 Å². The normalized spacial score (nSPS) is 24.4. The zero-order chi connectivity index (χ0) is 12.2. The molecule has 0 saturated carbocycles. The van der Waals surface area contributed by atoms with E-state index in [9.17, 15) is 0 Å². The zero-order valence-electron chi connectivity index (χ0n) is 9.94. The quantitative estimate of drug-likeness (QED) is 0.381. The zero-order valence-corrected chi connectivity index (χ0v) is 9.94. The molecule has 0 amide bonds. The maximum absolute atomic E-state index is 8.67. The Morgan fingerprint density at radius 2 is 1.88 bits per heavy atom. The lowest BCUT2D eigenvalue weighted by Crippen LogP contribution is -2.26. The van der Waals surface area contributed by atoms with Gasteiger partial charge in [0.25, 0.3) is 0 Å². The number of β-amino-alcohol motifs (C(OH)–C–C–N with tert-alkyl or cyclic N) is 1. The monoisotopic (exact) mass is 234 g/mol. The molecule has 0 spiro atoms. The van der Waals surface area contributed by atoms with E-state index in [1.54, 1.807) is 0 Å². The summed E-state index contributed by atoms with van der Waals surface area (Å²) in [6, 6.07) is 0. The highest BCUT2D eigenvalue weighted by Crippen LogP contribution is 2.04. The minimum absolute atomic E-state index is 0.0648. The number of hydrogen-bond donors (Lipinski definition) is 5. The number of aliphatic hydroxyl groups is 1. The maximum atomic E-state index is 8.67. The average molecular weight is 234 g/mol. The lowest BCUT2D eigenvalue weighted by molar-refractivity contribution is 0.196. The summed E-state index contributed by atoms with van der Waals surface area (Å²) >= 11 is 0. The van der Waals surface area contributed by atoms with Crippen molar-refractivity contribution in [3.63, 3.8) is 0 Å². The van der Waals surface area contributed by atoms with E-state index in [1.165, 1.54) is 25.9 Å². The molecule has 0 aromatic carbocycles. The van der Waals surface area contributed by atoms with Crippen LogP contribution in [0.3, 0.4) is 0 Å². The number of rotatable bonds is 2. The number of nitrogens with two attached hydrogens (primary N) is 2. The third-order valence-electron chi connectivity index (χ3n) is 2.68. The summed E-state index contributed by atoms with van der Waals surface area (Å²) in [5, 5.41) is 18.2. The molecule has 2 fully saturated rings. The molecule has 98 valence electrons. The summed E-state index contributed by atoms with van der Waals surface area (Å²) in [6.07, 6.45) is 3.62. The fourth-order valence-corrected chi connectivity index (χ4v) is 1.83. The third-order valence-corrected chi connectivity index (χ3v) is 2.68. The molecule has 0 aliphatic carbocycles. The van der Waals surface area contributed by atoms with E-state index < -0.39 is 0 Å². The SMILES string of the molecule is NCCN1CCCC1.NO.OC1CCNC1. The molecule has 0 bridgehead atoms. The van der Waals surface area contributed by atoms with E-state index in [4.69, 9.17) is 16.0 Å². The van der Waals surface area contributed by atoms with Gasteiger partial charge in [-0.1, -0.05) is 0 Å². The molecule has 7 N–H and O–H groups in total. The van der Waals surface area contributed by atoms with Gasteiger partial charge in [-0.2, -0.15) is 0 Å². The Labute approximate surface area is 97.6 Å². The first-order valence-electron chi connectivity index (χ1n) is 5.90. The van der Waals surface area contributed by atoms with Crippen LogP contribution in [-0.2, 0) is 0 Å². The summed E-state index contributed by atoms with van der Waals surface area (Å²) in [4.78, 5) is 2.42. The van der Waals surface area contributed by atoms with Crippen molar-refractivity contribution in [2.75, 3.05) is 39.3 Å². The van der Waals surface area contributed by atoms with E-state index in [0.29, 0.717) is 0 Å². The van der Waals surface area contributed by atoms with Crippen molar-refractivity contribution in [2.24, 2.45) is 11.6 Å². The van der Waals surface area contributed by atoms with Crippen molar-refractivity contribution in [3.05, 3.63) is 0 Å². The molecular formula is C10H26N4O2. The number of hydrogen-bond acceptors (Lipinski definition) is 6. The van der Waals surface area contributed by atoms with Crippen LogP contribution in [0.15, 0.2) is 0 Å². The second-order valence-corrected chi connectivity index (χ2v) is 3.98. The average Bonchev–Trinajstić information content (AvgIpc) is 2.96. The second kappa shape index (κ2) is 11.3. The molecule has 0 aromatic rings. The van der Waals surface area contributed by atoms with Gasteiger partial charge >= 0.3 is 0 Å². The predicted molar refractivity (Wildman–Crippen MR) is 64.2 cm³/mol. The number of likely N-dealkylation sites (tertiary alicyclic amines) is 1. The summed E-state index contributed by atoms with van der Waals surface area (Å²) in [6.45, 7) is 6.25. The van der Waals surface area contributed by atoms with E-state index in [-0.39, 0.29) is 6.10 Å². The Kier molecular flexibility index (Phi) is 11.1. The molecule has 2 rings (SSSR count). The van der Waals surface area contributed by atoms with Gasteiger partial charge in [0.15, 0.2) is 0 Å². The Hall–Kier alpha value is -0.240. The minimum atomic E-state index is -0.0648. The molecule has 1 atom stereocenters. The molecule has 16 heavy (non-hydrogen) atoms. The van der Waals surface area contributed by atoms with Crippen molar-refractivity contribution >= 4 is 0 Å². The largest absolute Gasteiger partial charge is 0.392 e. The van der Waals surface area contributed by atoms with Crippen LogP contribution in [0.2, 0.25) is 0 Å². The van der Waals surface area contributed by atoms with Crippen LogP contribution >= 0.6 is 0 Å². The van der Waals surface area contributed by atoms with Gasteiger partial charge in [-0.05, 0) is 38.9 Å². The lowest BCUT2D eigenvalue weighted by Gasteiger charge is -2.11. The second-order valence-electron chi connectivity index (χ2n) is 3.98. The molecule has 6 nitrogen and oxygen atoms in total. The molecule has 0 radical (unpaired) electrons. The summed E-state index contributed by atoms with van der Waals surface area (Å²) in [5.74, 6) is 3.50. The van der Waals surface area contributed by atoms with E-state index in [0.717, 1.165) is 32.6 Å². The van der Waals surface area contributed by atoms with Gasteiger partial charge in [0.2, 0.25) is 0 Å². The molecule has 2 aliphatic heterocycles. The van der Waals surface area contributed by atoms with Gasteiger partial charge in [-0.15, -0.1) is 0 Å². The number of nitrogens with one attached hydrogen (secondary N) is 1. The number of aliphatic hydroxyl groups excluding tert-OH is 1. The van der Waals surface area contributed by atoms with Gasteiger partial charge in [0.05, 0.1) is 6.10 Å². The lowest BCUT2D eigenvalue weighted by atomic mass is 10.3. The van der Waals surface area contributed by atoms with Crippen molar-refractivity contribution < 1.29 is 10.3 Å². The van der Waals surface area contributed by atoms with Crippen molar-refractivity contribution in [3.8, 4) is 0 Å². The van der Waals surface area contributed by atoms with Crippen LogP contribution < -0.4 is 16.9 Å². The van der Waals surface area contributed by atoms with Gasteiger partial charge in [0.1, 0.15) is 0 Å². The van der Waals surface area contributed by atoms with Crippen LogP contribution in [0.4, 0.5) is 0 Å². The highest BCUT2D eigenvalue weighted by molar-refractivity contribution is 4.67. The minimum Gasteiger partial charge on any atom is -0.392 e. The van der Waals surface area contributed by atoms with Crippen LogP contribution in [0, 0.1) is 0 Å². The Morgan fingerprint density at radius 1 is 1.25 bits per heavy atom. The van der Waals surface area contributed by atoms with Crippen molar-refractivity contribution in [2.45, 2.75) is 25.4 Å². The first kappa shape index (κ1) is 15.8. The maximum Gasteiger partial charge on any atom is 0.0676 e. The molecule has 2 aliphatic rings. The van der Waals surface area contributed by atoms with Gasteiger partial charge in [0, 0.05) is 19.6 Å². The van der Waals surface area contributed by atoms with Gasteiger partial charge < -0.3 is 26.3 Å². The fourth-order valence-electron chi connectivity index (χ4n) is 1.83. The third kappa shape index (κ3) is 7.98. The highest BCUT2D eigenvalue weighted by atomic mass is 16.4. The van der Waals surface area contributed by atoms with E-state index >= 15 is 0 Å².